The van der Waals surface area contributed by atoms with Gasteiger partial charge >= 0.3 is 17.9 Å². The molecular weight excluding hydrogens is 1010 g/mol. The van der Waals surface area contributed by atoms with E-state index in [2.05, 4.69) is 142 Å². The second-order valence-electron chi connectivity index (χ2n) is 22.7. The van der Waals surface area contributed by atoms with Gasteiger partial charge in [0, 0.05) is 19.3 Å². The van der Waals surface area contributed by atoms with E-state index >= 15 is 0 Å². The molecule has 0 aromatic heterocycles. The molecular formula is C76H128O6. The monoisotopic (exact) mass is 1140 g/mol. The third kappa shape index (κ3) is 66.6. The number of ether oxygens (including phenoxy) is 3. The smallest absolute Gasteiger partial charge is 0.306 e. The van der Waals surface area contributed by atoms with E-state index in [1.807, 2.05) is 0 Å². The lowest BCUT2D eigenvalue weighted by molar-refractivity contribution is -0.167. The molecule has 1 atom stereocenters. The Balaban J connectivity index is 4.27. The van der Waals surface area contributed by atoms with Gasteiger partial charge in [0.15, 0.2) is 6.10 Å². The Kier molecular flexibility index (Phi) is 65.8. The van der Waals surface area contributed by atoms with Crippen molar-refractivity contribution in [1.29, 1.82) is 0 Å². The summed E-state index contributed by atoms with van der Waals surface area (Å²) in [5.74, 6) is -0.896. The van der Waals surface area contributed by atoms with Crippen LogP contribution in [0.5, 0.6) is 0 Å². The third-order valence-electron chi connectivity index (χ3n) is 14.7. The minimum atomic E-state index is -0.789. The van der Waals surface area contributed by atoms with Gasteiger partial charge in [-0.1, -0.05) is 290 Å². The molecule has 6 nitrogen and oxygen atoms in total. The van der Waals surface area contributed by atoms with Gasteiger partial charge in [-0.05, 0) is 135 Å². The topological polar surface area (TPSA) is 78.9 Å². The van der Waals surface area contributed by atoms with Crippen LogP contribution in [-0.4, -0.2) is 37.2 Å². The van der Waals surface area contributed by atoms with Crippen LogP contribution in [0.3, 0.4) is 0 Å². The molecule has 1 unspecified atom stereocenters. The second-order valence-corrected chi connectivity index (χ2v) is 22.7. The highest BCUT2D eigenvalue weighted by molar-refractivity contribution is 5.71. The van der Waals surface area contributed by atoms with Gasteiger partial charge in [0.25, 0.3) is 0 Å². The fraction of sp³-hybridized carbons (Fsp3) is 0.697. The summed E-state index contributed by atoms with van der Waals surface area (Å²) in [6.45, 7) is 6.51. The minimum Gasteiger partial charge on any atom is -0.462 e. The molecule has 0 saturated heterocycles. The molecule has 0 aliphatic rings. The van der Waals surface area contributed by atoms with Crippen LogP contribution in [0, 0.1) is 0 Å². The Bertz CT molecular complexity index is 1690. The number of hydrogen-bond acceptors (Lipinski definition) is 6. The zero-order valence-corrected chi connectivity index (χ0v) is 53.7. The van der Waals surface area contributed by atoms with Crippen LogP contribution in [-0.2, 0) is 28.6 Å². The highest BCUT2D eigenvalue weighted by atomic mass is 16.6. The van der Waals surface area contributed by atoms with E-state index in [1.165, 1.54) is 161 Å². The van der Waals surface area contributed by atoms with Crippen molar-refractivity contribution in [2.45, 2.75) is 329 Å². The Morgan fingerprint density at radius 3 is 0.780 bits per heavy atom. The molecule has 0 aromatic rings. The molecule has 0 heterocycles. The lowest BCUT2D eigenvalue weighted by Gasteiger charge is -2.18. The molecule has 468 valence electrons. The van der Waals surface area contributed by atoms with E-state index in [0.29, 0.717) is 19.3 Å². The van der Waals surface area contributed by atoms with E-state index in [9.17, 15) is 14.4 Å². The summed E-state index contributed by atoms with van der Waals surface area (Å²) in [7, 11) is 0. The molecule has 0 aliphatic heterocycles. The summed E-state index contributed by atoms with van der Waals surface area (Å²) in [4.78, 5) is 38.3. The van der Waals surface area contributed by atoms with Gasteiger partial charge in [-0.15, -0.1) is 0 Å². The molecule has 0 amide bonds. The lowest BCUT2D eigenvalue weighted by Crippen LogP contribution is -2.30. The Labute approximate surface area is 507 Å². The van der Waals surface area contributed by atoms with Gasteiger partial charge in [0.05, 0.1) is 0 Å². The molecule has 0 aliphatic carbocycles. The number of hydrogen-bond donors (Lipinski definition) is 0. The average Bonchev–Trinajstić information content (AvgIpc) is 3.47. The van der Waals surface area contributed by atoms with E-state index in [-0.39, 0.29) is 31.1 Å². The molecule has 0 radical (unpaired) electrons. The summed E-state index contributed by atoms with van der Waals surface area (Å²) in [5, 5.41) is 0. The maximum absolute atomic E-state index is 12.9. The normalized spacial score (nSPS) is 12.9. The van der Waals surface area contributed by atoms with E-state index in [0.717, 1.165) is 122 Å². The van der Waals surface area contributed by atoms with Crippen molar-refractivity contribution < 1.29 is 28.6 Å². The number of unbranched alkanes of at least 4 members (excludes halogenated alkanes) is 31. The molecule has 0 saturated carbocycles. The van der Waals surface area contributed by atoms with Crippen LogP contribution in [0.15, 0.2) is 122 Å². The first-order chi connectivity index (χ1) is 40.5. The van der Waals surface area contributed by atoms with E-state index in [4.69, 9.17) is 14.2 Å². The van der Waals surface area contributed by atoms with Crippen LogP contribution >= 0.6 is 0 Å². The van der Waals surface area contributed by atoms with Gasteiger partial charge in [-0.3, -0.25) is 14.4 Å². The fourth-order valence-corrected chi connectivity index (χ4v) is 9.51. The standard InChI is InChI=1S/C76H128O6/c1-4-7-10-13-16-19-22-25-27-29-31-32-33-34-35-36-37-38-39-40-41-42-43-44-46-47-49-51-54-57-60-63-66-69-75(78)81-72-73(71-80-74(77)68-65-62-59-56-53-24-21-18-15-12-9-6-3)82-76(79)70-67-64-61-58-55-52-50-48-45-30-28-26-23-20-17-14-11-8-5-2/h7,10,16,18-19,21,25-28,31-32,34-35,37-38,40-41,43-44,73H,4-6,8-9,11-15,17,20,22-24,29-30,33,36,39,42,45-72H2,1-3H3/b10-7-,19-16-,21-18-,27-25-,28-26-,32-31-,35-34-,38-37-,41-40-,44-43-. The first-order valence-electron chi connectivity index (χ1n) is 34.5. The summed E-state index contributed by atoms with van der Waals surface area (Å²) in [5.41, 5.74) is 0. The van der Waals surface area contributed by atoms with Crippen molar-refractivity contribution in [2.75, 3.05) is 13.2 Å². The average molecular weight is 1140 g/mol. The highest BCUT2D eigenvalue weighted by Gasteiger charge is 2.19. The van der Waals surface area contributed by atoms with Gasteiger partial charge in [-0.2, -0.15) is 0 Å². The van der Waals surface area contributed by atoms with Crippen LogP contribution in [0.2, 0.25) is 0 Å². The van der Waals surface area contributed by atoms with E-state index in [1.54, 1.807) is 0 Å². The summed E-state index contributed by atoms with van der Waals surface area (Å²) >= 11 is 0. The summed E-state index contributed by atoms with van der Waals surface area (Å²) < 4.78 is 16.9. The first-order valence-corrected chi connectivity index (χ1v) is 34.5. The number of esters is 3. The Hall–Kier alpha value is -4.19. The zero-order valence-electron chi connectivity index (χ0n) is 53.7. The number of rotatable bonds is 62. The van der Waals surface area contributed by atoms with Crippen molar-refractivity contribution in [3.63, 3.8) is 0 Å². The largest absolute Gasteiger partial charge is 0.462 e. The molecule has 0 fully saturated rings. The van der Waals surface area contributed by atoms with Crippen molar-refractivity contribution in [3.05, 3.63) is 122 Å². The molecule has 0 rings (SSSR count). The summed E-state index contributed by atoms with van der Waals surface area (Å²) in [6, 6.07) is 0. The SMILES string of the molecule is CC/C=C\C/C=C\C/C=C\C/C=C\C/C=C\C/C=C\C/C=C\C/C=C\CCCCCCCCCCC(=O)OCC(COC(=O)CCCCCCC/C=C\CCCCC)OC(=O)CCCCCCCCCCC/C=C\CCCCCCCC. The van der Waals surface area contributed by atoms with Gasteiger partial charge in [0.2, 0.25) is 0 Å². The first kappa shape index (κ1) is 77.8. The quantitative estimate of drug-likeness (QED) is 0.0261. The summed E-state index contributed by atoms with van der Waals surface area (Å²) in [6.07, 6.45) is 96.4. The lowest BCUT2D eigenvalue weighted by atomic mass is 10.1. The van der Waals surface area contributed by atoms with Crippen LogP contribution < -0.4 is 0 Å². The molecule has 0 bridgehead atoms. The molecule has 0 aromatic carbocycles. The molecule has 82 heavy (non-hydrogen) atoms. The third-order valence-corrected chi connectivity index (χ3v) is 14.7. The highest BCUT2D eigenvalue weighted by Crippen LogP contribution is 2.16. The van der Waals surface area contributed by atoms with Crippen molar-refractivity contribution in [1.82, 2.24) is 0 Å². The number of carbonyl (C=O) groups is 3. The predicted octanol–water partition coefficient (Wildman–Crippen LogP) is 23.9. The molecule has 6 heteroatoms. The molecule has 0 N–H and O–H groups in total. The van der Waals surface area contributed by atoms with E-state index < -0.39 is 6.10 Å². The van der Waals surface area contributed by atoms with Gasteiger partial charge in [-0.25, -0.2) is 0 Å². The zero-order chi connectivity index (χ0) is 59.2. The fourth-order valence-electron chi connectivity index (χ4n) is 9.51. The predicted molar refractivity (Wildman–Crippen MR) is 357 cm³/mol. The second kappa shape index (κ2) is 69.3. The van der Waals surface area contributed by atoms with Gasteiger partial charge in [0.1, 0.15) is 13.2 Å². The maximum Gasteiger partial charge on any atom is 0.306 e. The van der Waals surface area contributed by atoms with Crippen LogP contribution in [0.4, 0.5) is 0 Å². The number of carbonyl (C=O) groups excluding carboxylic acids is 3. The van der Waals surface area contributed by atoms with Crippen LogP contribution in [0.25, 0.3) is 0 Å². The van der Waals surface area contributed by atoms with Crippen molar-refractivity contribution in [3.8, 4) is 0 Å². The van der Waals surface area contributed by atoms with Crippen molar-refractivity contribution >= 4 is 17.9 Å². The van der Waals surface area contributed by atoms with Crippen molar-refractivity contribution in [2.24, 2.45) is 0 Å². The molecule has 0 spiro atoms. The Morgan fingerprint density at radius 2 is 0.476 bits per heavy atom. The maximum atomic E-state index is 12.9. The van der Waals surface area contributed by atoms with Gasteiger partial charge < -0.3 is 14.2 Å². The number of allylic oxidation sites excluding steroid dienone is 20. The van der Waals surface area contributed by atoms with Crippen LogP contribution in [0.1, 0.15) is 323 Å². The minimum absolute atomic E-state index is 0.0854. The Morgan fingerprint density at radius 1 is 0.256 bits per heavy atom.